The maximum Gasteiger partial charge on any atom is 0.305 e. The second-order valence-electron chi connectivity index (χ2n) is 8.14. The van der Waals surface area contributed by atoms with E-state index in [9.17, 15) is 4.79 Å². The van der Waals surface area contributed by atoms with Crippen LogP contribution in [0.5, 0.6) is 0 Å². The Hall–Kier alpha value is -0.610. The zero-order valence-corrected chi connectivity index (χ0v) is 19.7. The number of esters is 1. The molecule has 0 fully saturated rings. The Morgan fingerprint density at radius 3 is 1.38 bits per heavy atom. The van der Waals surface area contributed by atoms with Crippen LogP contribution in [0.1, 0.15) is 123 Å². The van der Waals surface area contributed by atoms with E-state index in [2.05, 4.69) is 13.8 Å². The molecule has 0 N–H and O–H groups in total. The van der Waals surface area contributed by atoms with Crippen molar-refractivity contribution in [2.75, 3.05) is 33.0 Å². The third-order valence-corrected chi connectivity index (χ3v) is 5.20. The zero-order chi connectivity index (χ0) is 21.3. The molecule has 0 aliphatic rings. The van der Waals surface area contributed by atoms with Gasteiger partial charge in [0.2, 0.25) is 0 Å². The third kappa shape index (κ3) is 25.4. The van der Waals surface area contributed by atoms with Crippen molar-refractivity contribution in [2.45, 2.75) is 123 Å². The third-order valence-electron chi connectivity index (χ3n) is 5.20. The molecule has 0 bridgehead atoms. The lowest BCUT2D eigenvalue weighted by Crippen LogP contribution is -2.12. The fraction of sp³-hybridized carbons (Fsp3) is 0.960. The maximum atomic E-state index is 11.6. The molecule has 0 rings (SSSR count). The quantitative estimate of drug-likeness (QED) is 0.123. The van der Waals surface area contributed by atoms with E-state index in [0.717, 1.165) is 25.9 Å². The molecule has 29 heavy (non-hydrogen) atoms. The van der Waals surface area contributed by atoms with Gasteiger partial charge < -0.3 is 14.2 Å². The van der Waals surface area contributed by atoms with Gasteiger partial charge in [-0.1, -0.05) is 104 Å². The van der Waals surface area contributed by atoms with Crippen molar-refractivity contribution in [3.05, 3.63) is 0 Å². The van der Waals surface area contributed by atoms with Crippen molar-refractivity contribution in [1.29, 1.82) is 0 Å². The molecule has 174 valence electrons. The van der Waals surface area contributed by atoms with Crippen molar-refractivity contribution >= 4 is 5.97 Å². The van der Waals surface area contributed by atoms with Crippen LogP contribution in [0.3, 0.4) is 0 Å². The van der Waals surface area contributed by atoms with Crippen molar-refractivity contribution in [3.8, 4) is 0 Å². The van der Waals surface area contributed by atoms with Crippen LogP contribution in [0.25, 0.3) is 0 Å². The lowest BCUT2D eigenvalue weighted by atomic mass is 10.0. The van der Waals surface area contributed by atoms with Gasteiger partial charge in [0.15, 0.2) is 0 Å². The molecular weight excluding hydrogens is 364 g/mol. The molecule has 4 heteroatoms. The van der Waals surface area contributed by atoms with E-state index in [0.29, 0.717) is 32.8 Å². The highest BCUT2D eigenvalue weighted by molar-refractivity contribution is 5.69. The first-order chi connectivity index (χ1) is 14.3. The maximum absolute atomic E-state index is 11.6. The van der Waals surface area contributed by atoms with Crippen LogP contribution in [-0.2, 0) is 19.0 Å². The van der Waals surface area contributed by atoms with E-state index in [1.165, 1.54) is 83.5 Å². The average Bonchev–Trinajstić information content (AvgIpc) is 2.72. The molecule has 0 aromatic heterocycles. The molecule has 0 unspecified atom stereocenters. The van der Waals surface area contributed by atoms with E-state index < -0.39 is 0 Å². The molecule has 0 aromatic rings. The summed E-state index contributed by atoms with van der Waals surface area (Å²) in [5.41, 5.74) is 0. The van der Waals surface area contributed by atoms with E-state index >= 15 is 0 Å². The predicted molar refractivity (Wildman–Crippen MR) is 122 cm³/mol. The van der Waals surface area contributed by atoms with Crippen LogP contribution < -0.4 is 0 Å². The highest BCUT2D eigenvalue weighted by atomic mass is 16.6. The van der Waals surface area contributed by atoms with E-state index in [-0.39, 0.29) is 5.97 Å². The first kappa shape index (κ1) is 28.4. The van der Waals surface area contributed by atoms with Gasteiger partial charge in [-0.2, -0.15) is 0 Å². The van der Waals surface area contributed by atoms with Crippen LogP contribution in [0, 0.1) is 0 Å². The SMILES string of the molecule is CCCCCCCCCCCCCCCCCC(=O)OCCOCCOCCC. The number of rotatable bonds is 24. The molecule has 0 aliphatic carbocycles. The highest BCUT2D eigenvalue weighted by Crippen LogP contribution is 2.13. The number of ether oxygens (including phenoxy) is 3. The Labute approximate surface area is 181 Å². The molecule has 4 nitrogen and oxygen atoms in total. The van der Waals surface area contributed by atoms with Gasteiger partial charge in [0.05, 0.1) is 19.8 Å². The summed E-state index contributed by atoms with van der Waals surface area (Å²) in [5.74, 6) is -0.0921. The molecule has 0 aliphatic heterocycles. The summed E-state index contributed by atoms with van der Waals surface area (Å²) in [7, 11) is 0. The molecule has 0 spiro atoms. The summed E-state index contributed by atoms with van der Waals surface area (Å²) in [6.07, 6.45) is 21.6. The Kier molecular flexibility index (Phi) is 24.9. The van der Waals surface area contributed by atoms with Crippen LogP contribution in [0.2, 0.25) is 0 Å². The van der Waals surface area contributed by atoms with Gasteiger partial charge in [0, 0.05) is 13.0 Å². The Morgan fingerprint density at radius 2 is 0.897 bits per heavy atom. The highest BCUT2D eigenvalue weighted by Gasteiger charge is 2.02. The fourth-order valence-corrected chi connectivity index (χ4v) is 3.39. The fourth-order valence-electron chi connectivity index (χ4n) is 3.39. The van der Waals surface area contributed by atoms with Gasteiger partial charge in [0.25, 0.3) is 0 Å². The van der Waals surface area contributed by atoms with Gasteiger partial charge in [-0.15, -0.1) is 0 Å². The summed E-state index contributed by atoms with van der Waals surface area (Å²) >= 11 is 0. The number of carbonyl (C=O) groups excluding carboxylic acids is 1. The first-order valence-corrected chi connectivity index (χ1v) is 12.6. The minimum absolute atomic E-state index is 0.0921. The summed E-state index contributed by atoms with van der Waals surface area (Å²) < 4.78 is 15.9. The molecular formula is C25H50O4. The van der Waals surface area contributed by atoms with Crippen LogP contribution in [-0.4, -0.2) is 39.0 Å². The normalized spacial score (nSPS) is 11.1. The lowest BCUT2D eigenvalue weighted by molar-refractivity contribution is -0.145. The van der Waals surface area contributed by atoms with Crippen molar-refractivity contribution < 1.29 is 19.0 Å². The molecule has 0 saturated heterocycles. The molecule has 0 aromatic carbocycles. The number of hydrogen-bond acceptors (Lipinski definition) is 4. The minimum atomic E-state index is -0.0921. The average molecular weight is 415 g/mol. The van der Waals surface area contributed by atoms with Gasteiger partial charge >= 0.3 is 5.97 Å². The minimum Gasteiger partial charge on any atom is -0.463 e. The number of unbranched alkanes of at least 4 members (excludes halogenated alkanes) is 14. The largest absolute Gasteiger partial charge is 0.463 e. The van der Waals surface area contributed by atoms with Crippen LogP contribution >= 0.6 is 0 Å². The second-order valence-corrected chi connectivity index (χ2v) is 8.14. The van der Waals surface area contributed by atoms with Crippen molar-refractivity contribution in [3.63, 3.8) is 0 Å². The summed E-state index contributed by atoms with van der Waals surface area (Å²) in [6, 6.07) is 0. The summed E-state index contributed by atoms with van der Waals surface area (Å²) in [4.78, 5) is 11.6. The van der Waals surface area contributed by atoms with Crippen LogP contribution in [0.15, 0.2) is 0 Å². The smallest absolute Gasteiger partial charge is 0.305 e. The van der Waals surface area contributed by atoms with Gasteiger partial charge in [0.1, 0.15) is 6.61 Å². The number of carbonyl (C=O) groups is 1. The Morgan fingerprint density at radius 1 is 0.483 bits per heavy atom. The predicted octanol–water partition coefficient (Wildman–Crippen LogP) is 7.23. The molecule has 0 heterocycles. The molecule has 0 atom stereocenters. The van der Waals surface area contributed by atoms with Crippen molar-refractivity contribution in [1.82, 2.24) is 0 Å². The van der Waals surface area contributed by atoms with Crippen LogP contribution in [0.4, 0.5) is 0 Å². The summed E-state index contributed by atoms with van der Waals surface area (Å²) in [6.45, 7) is 7.12. The standard InChI is InChI=1S/C25H50O4/c1-3-5-6-7-8-9-10-11-12-13-14-15-16-17-18-19-25(26)29-24-23-28-22-21-27-20-4-2/h3-24H2,1-2H3. The summed E-state index contributed by atoms with van der Waals surface area (Å²) in [5, 5.41) is 0. The van der Waals surface area contributed by atoms with Crippen molar-refractivity contribution in [2.24, 2.45) is 0 Å². The number of hydrogen-bond donors (Lipinski definition) is 0. The first-order valence-electron chi connectivity index (χ1n) is 12.6. The van der Waals surface area contributed by atoms with E-state index in [1.54, 1.807) is 0 Å². The molecule has 0 amide bonds. The van der Waals surface area contributed by atoms with E-state index in [4.69, 9.17) is 14.2 Å². The topological polar surface area (TPSA) is 44.8 Å². The monoisotopic (exact) mass is 414 g/mol. The lowest BCUT2D eigenvalue weighted by Gasteiger charge is -2.07. The van der Waals surface area contributed by atoms with E-state index in [1.807, 2.05) is 0 Å². The zero-order valence-electron chi connectivity index (χ0n) is 19.7. The Balaban J connectivity index is 3.12. The van der Waals surface area contributed by atoms with Gasteiger partial charge in [-0.25, -0.2) is 0 Å². The Bertz CT molecular complexity index is 320. The van der Waals surface area contributed by atoms with Gasteiger partial charge in [-0.05, 0) is 12.8 Å². The second kappa shape index (κ2) is 25.4. The molecule has 0 radical (unpaired) electrons. The molecule has 0 saturated carbocycles. The van der Waals surface area contributed by atoms with Gasteiger partial charge in [-0.3, -0.25) is 4.79 Å².